The second kappa shape index (κ2) is 6.39. The molecule has 0 N–H and O–H groups in total. The molecule has 0 radical (unpaired) electrons. The van der Waals surface area contributed by atoms with Crippen molar-refractivity contribution in [3.05, 3.63) is 59.0 Å². The largest absolute Gasteiger partial charge is 0.359 e. The fraction of sp³-hybridized carbons (Fsp3) is 0.368. The lowest BCUT2D eigenvalue weighted by atomic mass is 10.1. The number of likely N-dealkylation sites (tertiary alicyclic amines) is 1. The number of benzene rings is 1. The maximum Gasteiger partial charge on any atom is 0.254 e. The van der Waals surface area contributed by atoms with Crippen LogP contribution < -0.4 is 0 Å². The van der Waals surface area contributed by atoms with Gasteiger partial charge in [-0.25, -0.2) is 8.42 Å². The Labute approximate surface area is 152 Å². The first kappa shape index (κ1) is 17.0. The third kappa shape index (κ3) is 2.96. The molecular weight excluding hydrogens is 352 g/mol. The highest BCUT2D eigenvalue weighted by Gasteiger charge is 2.33. The number of nitrogens with zero attached hydrogens (tertiary/aromatic N) is 2. The smallest absolute Gasteiger partial charge is 0.254 e. The number of allylic oxidation sites excluding steroid dienone is 1. The van der Waals surface area contributed by atoms with Crippen molar-refractivity contribution in [2.45, 2.75) is 32.2 Å². The third-order valence-corrected chi connectivity index (χ3v) is 6.78. The van der Waals surface area contributed by atoms with Gasteiger partial charge >= 0.3 is 0 Å². The molecule has 2 aromatic rings. The quantitative estimate of drug-likeness (QED) is 0.827. The molecule has 0 aliphatic carbocycles. The molecular formula is C19H20N2O4S. The summed E-state index contributed by atoms with van der Waals surface area (Å²) in [4.78, 5) is 15.2. The molecule has 1 fully saturated rings. The Morgan fingerprint density at radius 1 is 1.31 bits per heavy atom. The maximum absolute atomic E-state index is 13.1. The van der Waals surface area contributed by atoms with E-state index in [-0.39, 0.29) is 17.7 Å². The number of hydrogen-bond donors (Lipinski definition) is 0. The van der Waals surface area contributed by atoms with Crippen LogP contribution in [0.15, 0.2) is 40.9 Å². The molecule has 2 aliphatic heterocycles. The summed E-state index contributed by atoms with van der Waals surface area (Å²) in [6.07, 6.45) is 3.98. The van der Waals surface area contributed by atoms with Crippen LogP contribution in [0, 0.1) is 6.92 Å². The standard InChI is InChI=1S/C19H20N2O4S/c1-13-11-17(25-20-13)16-7-3-9-21(16)19(22)15-6-2-5-14(12-15)18-8-4-10-26(18,23)24/h2,5-6,8,11-12,16H,3-4,7,9-10H2,1H3/t16-/m1/s1. The molecule has 3 heterocycles. The number of amides is 1. The van der Waals surface area contributed by atoms with Crippen LogP contribution in [0.1, 0.15) is 52.7 Å². The van der Waals surface area contributed by atoms with Crippen molar-refractivity contribution < 1.29 is 17.7 Å². The van der Waals surface area contributed by atoms with Gasteiger partial charge in [0.2, 0.25) is 0 Å². The minimum atomic E-state index is -3.24. The van der Waals surface area contributed by atoms with Crippen LogP contribution in [0.25, 0.3) is 4.91 Å². The summed E-state index contributed by atoms with van der Waals surface area (Å²) in [5.74, 6) is 0.726. The van der Waals surface area contributed by atoms with Crippen LogP contribution in [0.5, 0.6) is 0 Å². The number of hydrogen-bond acceptors (Lipinski definition) is 5. The molecule has 1 aromatic heterocycles. The summed E-state index contributed by atoms with van der Waals surface area (Å²) in [5.41, 5.74) is 1.87. The third-order valence-electron chi connectivity index (χ3n) is 4.93. The van der Waals surface area contributed by atoms with E-state index < -0.39 is 9.84 Å². The zero-order chi connectivity index (χ0) is 18.3. The minimum absolute atomic E-state index is 0.112. The molecule has 7 heteroatoms. The zero-order valence-corrected chi connectivity index (χ0v) is 15.3. The van der Waals surface area contributed by atoms with Crippen molar-refractivity contribution in [1.82, 2.24) is 10.1 Å². The first-order chi connectivity index (χ1) is 12.5. The second-order valence-corrected chi connectivity index (χ2v) is 8.86. The lowest BCUT2D eigenvalue weighted by Crippen LogP contribution is -2.30. The van der Waals surface area contributed by atoms with Gasteiger partial charge in [0.25, 0.3) is 5.91 Å². The highest BCUT2D eigenvalue weighted by Crippen LogP contribution is 2.34. The Kier molecular flexibility index (Phi) is 4.19. The van der Waals surface area contributed by atoms with Crippen LogP contribution in [-0.2, 0) is 9.84 Å². The first-order valence-electron chi connectivity index (χ1n) is 8.73. The molecule has 6 nitrogen and oxygen atoms in total. The van der Waals surface area contributed by atoms with E-state index in [1.165, 1.54) is 0 Å². The Balaban J connectivity index is 1.63. The number of aromatic nitrogens is 1. The van der Waals surface area contributed by atoms with E-state index in [0.29, 0.717) is 34.8 Å². The van der Waals surface area contributed by atoms with E-state index in [2.05, 4.69) is 5.16 Å². The first-order valence-corrected chi connectivity index (χ1v) is 10.4. The van der Waals surface area contributed by atoms with Gasteiger partial charge in [-0.2, -0.15) is 0 Å². The number of sulfone groups is 1. The van der Waals surface area contributed by atoms with Crippen LogP contribution in [0.3, 0.4) is 0 Å². The van der Waals surface area contributed by atoms with Gasteiger partial charge in [-0.1, -0.05) is 23.4 Å². The summed E-state index contributed by atoms with van der Waals surface area (Å²) in [7, 11) is -3.24. The second-order valence-electron chi connectivity index (χ2n) is 6.78. The van der Waals surface area contributed by atoms with Crippen LogP contribution in [-0.4, -0.2) is 36.7 Å². The molecule has 26 heavy (non-hydrogen) atoms. The van der Waals surface area contributed by atoms with Gasteiger partial charge in [0.15, 0.2) is 15.6 Å². The Morgan fingerprint density at radius 3 is 2.85 bits per heavy atom. The predicted molar refractivity (Wildman–Crippen MR) is 97.1 cm³/mol. The van der Waals surface area contributed by atoms with Crippen molar-refractivity contribution in [2.75, 3.05) is 12.3 Å². The van der Waals surface area contributed by atoms with Gasteiger partial charge in [0.05, 0.1) is 22.4 Å². The number of carbonyl (C=O) groups excluding carboxylic acids is 1. The van der Waals surface area contributed by atoms with E-state index in [4.69, 9.17) is 4.52 Å². The fourth-order valence-electron chi connectivity index (χ4n) is 3.70. The van der Waals surface area contributed by atoms with Gasteiger partial charge in [-0.15, -0.1) is 0 Å². The summed E-state index contributed by atoms with van der Waals surface area (Å²) in [6, 6.07) is 8.63. The highest BCUT2D eigenvalue weighted by molar-refractivity contribution is 8.00. The van der Waals surface area contributed by atoms with Gasteiger partial charge < -0.3 is 9.42 Å². The van der Waals surface area contributed by atoms with Crippen LogP contribution in [0.2, 0.25) is 0 Å². The zero-order valence-electron chi connectivity index (χ0n) is 14.5. The molecule has 1 atom stereocenters. The lowest BCUT2D eigenvalue weighted by Gasteiger charge is -2.23. The molecule has 0 saturated carbocycles. The Morgan fingerprint density at radius 2 is 2.15 bits per heavy atom. The van der Waals surface area contributed by atoms with Crippen molar-refractivity contribution in [3.8, 4) is 0 Å². The van der Waals surface area contributed by atoms with Gasteiger partial charge in [-0.3, -0.25) is 4.79 Å². The van der Waals surface area contributed by atoms with E-state index in [9.17, 15) is 13.2 Å². The predicted octanol–water partition coefficient (Wildman–Crippen LogP) is 3.12. The fourth-order valence-corrected chi connectivity index (χ4v) is 5.20. The number of aryl methyl sites for hydroxylation is 1. The van der Waals surface area contributed by atoms with E-state index in [0.717, 1.165) is 18.5 Å². The monoisotopic (exact) mass is 372 g/mol. The maximum atomic E-state index is 13.1. The highest BCUT2D eigenvalue weighted by atomic mass is 32.2. The summed E-state index contributed by atoms with van der Waals surface area (Å²) in [6.45, 7) is 2.50. The van der Waals surface area contributed by atoms with Crippen molar-refractivity contribution >= 4 is 20.6 Å². The Bertz CT molecular complexity index is 990. The Hall–Kier alpha value is -2.41. The van der Waals surface area contributed by atoms with Crippen LogP contribution >= 0.6 is 0 Å². The number of carbonyl (C=O) groups is 1. The topological polar surface area (TPSA) is 80.5 Å². The van der Waals surface area contributed by atoms with Gasteiger partial charge in [0.1, 0.15) is 0 Å². The van der Waals surface area contributed by atoms with E-state index >= 15 is 0 Å². The van der Waals surface area contributed by atoms with Crippen LogP contribution in [0.4, 0.5) is 0 Å². The molecule has 1 amide bonds. The molecule has 0 bridgehead atoms. The molecule has 4 rings (SSSR count). The minimum Gasteiger partial charge on any atom is -0.359 e. The van der Waals surface area contributed by atoms with Crippen molar-refractivity contribution in [2.24, 2.45) is 0 Å². The molecule has 2 aliphatic rings. The van der Waals surface area contributed by atoms with Gasteiger partial charge in [-0.05, 0) is 43.9 Å². The van der Waals surface area contributed by atoms with Gasteiger partial charge in [0, 0.05) is 18.2 Å². The molecule has 1 saturated heterocycles. The molecule has 0 spiro atoms. The normalized spacial score (nSPS) is 21.8. The van der Waals surface area contributed by atoms with Crippen molar-refractivity contribution in [3.63, 3.8) is 0 Å². The molecule has 0 unspecified atom stereocenters. The average Bonchev–Trinajstić information content (AvgIpc) is 3.33. The van der Waals surface area contributed by atoms with E-state index in [1.807, 2.05) is 13.0 Å². The van der Waals surface area contributed by atoms with E-state index in [1.54, 1.807) is 35.2 Å². The summed E-state index contributed by atoms with van der Waals surface area (Å²) in [5, 5.41) is 3.92. The average molecular weight is 372 g/mol. The SMILES string of the molecule is Cc1cc([C@H]2CCCN2C(=O)c2cccc(C3=CCCS3(=O)=O)c2)on1. The van der Waals surface area contributed by atoms with Crippen molar-refractivity contribution in [1.29, 1.82) is 0 Å². The molecule has 136 valence electrons. The molecule has 1 aromatic carbocycles. The number of rotatable bonds is 3. The summed E-state index contributed by atoms with van der Waals surface area (Å²) >= 11 is 0. The summed E-state index contributed by atoms with van der Waals surface area (Å²) < 4.78 is 29.7. The lowest BCUT2D eigenvalue weighted by molar-refractivity contribution is 0.0714.